The van der Waals surface area contributed by atoms with Crippen LogP contribution in [0.2, 0.25) is 0 Å². The summed E-state index contributed by atoms with van der Waals surface area (Å²) in [4.78, 5) is 25.9. The summed E-state index contributed by atoms with van der Waals surface area (Å²) in [6, 6.07) is 6.61. The van der Waals surface area contributed by atoms with Crippen LogP contribution in [0, 0.1) is 13.8 Å². The molecule has 0 saturated carbocycles. The van der Waals surface area contributed by atoms with Crippen LogP contribution in [-0.4, -0.2) is 85.9 Å². The number of carbonyl (C=O) groups is 1. The molecule has 0 spiro atoms. The normalized spacial score (nSPS) is 25.4. The van der Waals surface area contributed by atoms with E-state index in [1.54, 1.807) is 4.90 Å². The molecule has 3 saturated heterocycles. The van der Waals surface area contributed by atoms with E-state index < -0.39 is 11.7 Å². The summed E-state index contributed by atoms with van der Waals surface area (Å²) in [5.41, 5.74) is 2.53. The molecule has 3 aliphatic rings. The van der Waals surface area contributed by atoms with E-state index in [0.717, 1.165) is 53.2 Å². The maximum absolute atomic E-state index is 12.6. The van der Waals surface area contributed by atoms with Gasteiger partial charge in [-0.05, 0) is 70.7 Å². The van der Waals surface area contributed by atoms with Gasteiger partial charge in [0.2, 0.25) is 0 Å². The first-order chi connectivity index (χ1) is 18.1. The lowest BCUT2D eigenvalue weighted by Gasteiger charge is -2.37. The molecular formula is C28H36N6O4. The molecule has 10 nitrogen and oxygen atoms in total. The van der Waals surface area contributed by atoms with Gasteiger partial charge in [0.1, 0.15) is 17.2 Å². The average Bonchev–Trinajstić information content (AvgIpc) is 3.58. The van der Waals surface area contributed by atoms with Gasteiger partial charge in [0, 0.05) is 30.5 Å². The highest BCUT2D eigenvalue weighted by Gasteiger charge is 2.40. The average molecular weight is 521 g/mol. The van der Waals surface area contributed by atoms with E-state index in [2.05, 4.69) is 29.1 Å². The molecule has 1 amide bonds. The Balaban J connectivity index is 1.29. The SMILES string of the molecule is Cc1nc(N2C[C@@H]3C[C@H]2CO3)cc(-n2ncc3cc(C)c(C4CCN(C(=O)OC(C)(C)C)CC4O)cc32)n1. The van der Waals surface area contributed by atoms with Crippen LogP contribution in [0.3, 0.4) is 0 Å². The van der Waals surface area contributed by atoms with Gasteiger partial charge in [-0.3, -0.25) is 0 Å². The van der Waals surface area contributed by atoms with Crippen molar-refractivity contribution in [1.82, 2.24) is 24.6 Å². The first kappa shape index (κ1) is 25.1. The Morgan fingerprint density at radius 1 is 1.13 bits per heavy atom. The quantitative estimate of drug-likeness (QED) is 0.560. The van der Waals surface area contributed by atoms with Crippen LogP contribution in [0.25, 0.3) is 16.7 Å². The number of morpholine rings is 1. The fraction of sp³-hybridized carbons (Fsp3) is 0.571. The van der Waals surface area contributed by atoms with E-state index >= 15 is 0 Å². The molecule has 0 radical (unpaired) electrons. The third-order valence-electron chi connectivity index (χ3n) is 7.81. The van der Waals surface area contributed by atoms with Crippen LogP contribution in [0.5, 0.6) is 0 Å². The smallest absolute Gasteiger partial charge is 0.410 e. The number of likely N-dealkylation sites (tertiary alicyclic amines) is 1. The number of β-amino-alcohol motifs (C(OH)–C–C–N with tert-alkyl or cyclic N) is 1. The van der Waals surface area contributed by atoms with E-state index in [1.165, 1.54) is 0 Å². The molecular weight excluding hydrogens is 484 g/mol. The lowest BCUT2D eigenvalue weighted by molar-refractivity contribution is -0.00155. The van der Waals surface area contributed by atoms with Gasteiger partial charge in [0.05, 0.1) is 43.1 Å². The summed E-state index contributed by atoms with van der Waals surface area (Å²) in [7, 11) is 0. The highest BCUT2D eigenvalue weighted by molar-refractivity contribution is 5.82. The molecule has 3 aliphatic heterocycles. The van der Waals surface area contributed by atoms with Crippen molar-refractivity contribution in [1.29, 1.82) is 0 Å². The van der Waals surface area contributed by atoms with Crippen LogP contribution in [0.15, 0.2) is 24.4 Å². The van der Waals surface area contributed by atoms with Gasteiger partial charge in [0.25, 0.3) is 0 Å². The van der Waals surface area contributed by atoms with E-state index in [1.807, 2.05) is 44.6 Å². The van der Waals surface area contributed by atoms with E-state index in [0.29, 0.717) is 24.8 Å². The van der Waals surface area contributed by atoms with Crippen molar-refractivity contribution in [2.24, 2.45) is 0 Å². The number of aliphatic hydroxyl groups excluding tert-OH is 1. The molecule has 202 valence electrons. The van der Waals surface area contributed by atoms with Crippen LogP contribution >= 0.6 is 0 Å². The zero-order valence-corrected chi connectivity index (χ0v) is 22.7. The van der Waals surface area contributed by atoms with E-state index in [9.17, 15) is 9.90 Å². The zero-order chi connectivity index (χ0) is 26.8. The summed E-state index contributed by atoms with van der Waals surface area (Å²) in [6.07, 6.45) is 2.76. The number of aromatic nitrogens is 4. The lowest BCUT2D eigenvalue weighted by Crippen LogP contribution is -2.47. The Labute approximate surface area is 222 Å². The van der Waals surface area contributed by atoms with Crippen LogP contribution in [-0.2, 0) is 9.47 Å². The van der Waals surface area contributed by atoms with Crippen LogP contribution in [0.4, 0.5) is 10.6 Å². The van der Waals surface area contributed by atoms with Crippen molar-refractivity contribution in [3.63, 3.8) is 0 Å². The van der Waals surface area contributed by atoms with E-state index in [-0.39, 0.29) is 24.7 Å². The minimum absolute atomic E-state index is 0.0933. The Hall–Kier alpha value is -3.24. The Kier molecular flexibility index (Phi) is 6.07. The fourth-order valence-corrected chi connectivity index (χ4v) is 6.05. The number of carbonyl (C=O) groups excluding carboxylic acids is 1. The largest absolute Gasteiger partial charge is 0.444 e. The number of hydrogen-bond donors (Lipinski definition) is 1. The number of hydrogen-bond acceptors (Lipinski definition) is 8. The van der Waals surface area contributed by atoms with Crippen molar-refractivity contribution < 1.29 is 19.4 Å². The molecule has 10 heteroatoms. The summed E-state index contributed by atoms with van der Waals surface area (Å²) in [6.45, 7) is 11.9. The topological polar surface area (TPSA) is 106 Å². The second-order valence-electron chi connectivity index (χ2n) is 11.8. The number of benzene rings is 1. The molecule has 0 aliphatic carbocycles. The third kappa shape index (κ3) is 4.60. The number of piperidine rings is 1. The predicted molar refractivity (Wildman–Crippen MR) is 143 cm³/mol. The monoisotopic (exact) mass is 520 g/mol. The standard InChI is InChI=1S/C28H36N6O4/c1-16-8-18-12-29-34(26-11-25(30-17(2)31-26)33-13-20-9-19(33)15-37-20)23(18)10-22(16)21-6-7-32(14-24(21)35)27(36)38-28(3,4)5/h8,10-12,19-21,24,35H,6-7,9,13-15H2,1-5H3/t19-,20-,21?,24?/m0/s1. The number of fused-ring (bicyclic) bond motifs is 3. The number of amides is 1. The van der Waals surface area contributed by atoms with Crippen molar-refractivity contribution in [2.75, 3.05) is 31.1 Å². The summed E-state index contributed by atoms with van der Waals surface area (Å²) < 4.78 is 13.2. The van der Waals surface area contributed by atoms with Gasteiger partial charge in [0.15, 0.2) is 5.82 Å². The van der Waals surface area contributed by atoms with Gasteiger partial charge in [-0.25, -0.2) is 19.4 Å². The van der Waals surface area contributed by atoms with Gasteiger partial charge >= 0.3 is 6.09 Å². The number of ether oxygens (including phenoxy) is 2. The second kappa shape index (κ2) is 9.20. The first-order valence-electron chi connectivity index (χ1n) is 13.4. The van der Waals surface area contributed by atoms with E-state index in [4.69, 9.17) is 19.4 Å². The van der Waals surface area contributed by atoms with Crippen LogP contribution in [0.1, 0.15) is 56.5 Å². The van der Waals surface area contributed by atoms with Crippen molar-refractivity contribution in [3.8, 4) is 5.82 Å². The number of aryl methyl sites for hydroxylation is 2. The molecule has 2 aromatic heterocycles. The van der Waals surface area contributed by atoms with Crippen LogP contribution < -0.4 is 4.90 Å². The molecule has 4 atom stereocenters. The van der Waals surface area contributed by atoms with Gasteiger partial charge in [-0.1, -0.05) is 0 Å². The number of aliphatic hydroxyl groups is 1. The highest BCUT2D eigenvalue weighted by Crippen LogP contribution is 2.35. The summed E-state index contributed by atoms with van der Waals surface area (Å²) in [5.74, 6) is 2.23. The maximum Gasteiger partial charge on any atom is 0.410 e. The molecule has 3 fully saturated rings. The summed E-state index contributed by atoms with van der Waals surface area (Å²) >= 11 is 0. The minimum atomic E-state index is -0.690. The minimum Gasteiger partial charge on any atom is -0.444 e. The first-order valence-corrected chi connectivity index (χ1v) is 13.4. The molecule has 2 bridgehead atoms. The van der Waals surface area contributed by atoms with Crippen molar-refractivity contribution in [2.45, 2.75) is 77.2 Å². The van der Waals surface area contributed by atoms with Gasteiger partial charge in [-0.15, -0.1) is 0 Å². The van der Waals surface area contributed by atoms with Crippen molar-refractivity contribution in [3.05, 3.63) is 41.3 Å². The van der Waals surface area contributed by atoms with Gasteiger partial charge < -0.3 is 24.4 Å². The molecule has 38 heavy (non-hydrogen) atoms. The molecule has 1 aromatic carbocycles. The molecule has 3 aromatic rings. The van der Waals surface area contributed by atoms with Crippen molar-refractivity contribution >= 4 is 22.8 Å². The molecule has 2 unspecified atom stereocenters. The second-order valence-corrected chi connectivity index (χ2v) is 11.8. The Bertz CT molecular complexity index is 1380. The Morgan fingerprint density at radius 2 is 1.92 bits per heavy atom. The molecule has 1 N–H and O–H groups in total. The number of anilines is 1. The predicted octanol–water partition coefficient (Wildman–Crippen LogP) is 3.50. The lowest BCUT2D eigenvalue weighted by atomic mass is 9.84. The highest BCUT2D eigenvalue weighted by atomic mass is 16.6. The zero-order valence-electron chi connectivity index (χ0n) is 22.7. The molecule has 5 heterocycles. The third-order valence-corrected chi connectivity index (χ3v) is 7.81. The number of rotatable bonds is 3. The fourth-order valence-electron chi connectivity index (χ4n) is 6.05. The van der Waals surface area contributed by atoms with Gasteiger partial charge in [-0.2, -0.15) is 5.10 Å². The summed E-state index contributed by atoms with van der Waals surface area (Å²) in [5, 5.41) is 16.8. The maximum atomic E-state index is 12.6. The number of nitrogens with zero attached hydrogens (tertiary/aromatic N) is 6. The Morgan fingerprint density at radius 3 is 2.61 bits per heavy atom. The molecule has 6 rings (SSSR count).